The van der Waals surface area contributed by atoms with Crippen LogP contribution in [0.15, 0.2) is 12.3 Å². The van der Waals surface area contributed by atoms with Gasteiger partial charge in [-0.2, -0.15) is 5.10 Å². The van der Waals surface area contributed by atoms with Crippen molar-refractivity contribution in [2.75, 3.05) is 7.05 Å². The number of hydrogen-bond acceptors (Lipinski definition) is 2. The maximum atomic E-state index is 10.7. The number of carbonyl (C=O) groups excluding carboxylic acids is 1. The van der Waals surface area contributed by atoms with E-state index >= 15 is 0 Å². The quantitative estimate of drug-likeness (QED) is 0.618. The summed E-state index contributed by atoms with van der Waals surface area (Å²) in [5.41, 5.74) is 0.484. The molecule has 1 amide bonds. The number of halogens is 1. The van der Waals surface area contributed by atoms with E-state index in [1.54, 1.807) is 13.1 Å². The summed E-state index contributed by atoms with van der Waals surface area (Å²) in [7, 11) is 1.57. The maximum absolute atomic E-state index is 10.7. The van der Waals surface area contributed by atoms with E-state index in [1.165, 1.54) is 6.20 Å². The fraction of sp³-hybridized carbons (Fsp3) is 0.200. The molecular formula is C5H8ClN3O. The number of amides is 1. The zero-order chi connectivity index (χ0) is 6.69. The van der Waals surface area contributed by atoms with Crippen LogP contribution in [0.3, 0.4) is 0 Å². The van der Waals surface area contributed by atoms with E-state index in [4.69, 9.17) is 0 Å². The lowest BCUT2D eigenvalue weighted by Crippen LogP contribution is -2.17. The molecule has 0 unspecified atom stereocenters. The van der Waals surface area contributed by atoms with Gasteiger partial charge in [0.1, 0.15) is 5.69 Å². The molecule has 10 heavy (non-hydrogen) atoms. The molecule has 0 saturated carbocycles. The molecule has 0 saturated heterocycles. The van der Waals surface area contributed by atoms with Gasteiger partial charge >= 0.3 is 0 Å². The van der Waals surface area contributed by atoms with Gasteiger partial charge in [-0.3, -0.25) is 9.89 Å². The molecule has 56 valence electrons. The summed E-state index contributed by atoms with van der Waals surface area (Å²) >= 11 is 0. The minimum Gasteiger partial charge on any atom is -0.354 e. The van der Waals surface area contributed by atoms with Crippen LogP contribution in [0.5, 0.6) is 0 Å². The second-order valence-corrected chi connectivity index (χ2v) is 1.55. The predicted octanol–water partition coefficient (Wildman–Crippen LogP) is 0.191. The van der Waals surface area contributed by atoms with Gasteiger partial charge in [0.05, 0.1) is 0 Å². The molecule has 0 fully saturated rings. The van der Waals surface area contributed by atoms with Crippen LogP contribution in [-0.2, 0) is 0 Å². The lowest BCUT2D eigenvalue weighted by molar-refractivity contribution is 0.0958. The van der Waals surface area contributed by atoms with Crippen molar-refractivity contribution in [1.82, 2.24) is 15.5 Å². The third-order valence-electron chi connectivity index (χ3n) is 0.972. The highest BCUT2D eigenvalue weighted by Gasteiger charge is 2.00. The molecule has 0 radical (unpaired) electrons. The van der Waals surface area contributed by atoms with Crippen LogP contribution in [0.25, 0.3) is 0 Å². The number of hydrogen-bond donors (Lipinski definition) is 2. The summed E-state index contributed by atoms with van der Waals surface area (Å²) < 4.78 is 0. The molecular weight excluding hydrogens is 154 g/mol. The monoisotopic (exact) mass is 161 g/mol. The second kappa shape index (κ2) is 3.90. The molecule has 1 heterocycles. The molecule has 0 aliphatic rings. The van der Waals surface area contributed by atoms with Crippen LogP contribution in [-0.4, -0.2) is 23.2 Å². The Bertz CT molecular complexity index is 197. The van der Waals surface area contributed by atoms with Crippen molar-refractivity contribution in [1.29, 1.82) is 0 Å². The second-order valence-electron chi connectivity index (χ2n) is 1.55. The first-order chi connectivity index (χ1) is 4.34. The molecule has 1 aromatic heterocycles. The van der Waals surface area contributed by atoms with Crippen molar-refractivity contribution in [3.05, 3.63) is 18.0 Å². The van der Waals surface area contributed by atoms with Gasteiger partial charge < -0.3 is 5.32 Å². The first-order valence-corrected chi connectivity index (χ1v) is 2.56. The van der Waals surface area contributed by atoms with Gasteiger partial charge in [0.25, 0.3) is 5.91 Å². The first kappa shape index (κ1) is 8.97. The Hall–Kier alpha value is -1.03. The molecule has 0 aliphatic heterocycles. The van der Waals surface area contributed by atoms with Gasteiger partial charge in [-0.25, -0.2) is 0 Å². The molecule has 0 aliphatic carbocycles. The Morgan fingerprint density at radius 2 is 2.50 bits per heavy atom. The van der Waals surface area contributed by atoms with E-state index in [0.717, 1.165) is 0 Å². The van der Waals surface area contributed by atoms with Crippen LogP contribution in [0.2, 0.25) is 0 Å². The van der Waals surface area contributed by atoms with E-state index in [0.29, 0.717) is 5.69 Å². The van der Waals surface area contributed by atoms with Crippen molar-refractivity contribution < 1.29 is 4.79 Å². The van der Waals surface area contributed by atoms with Gasteiger partial charge in [0, 0.05) is 13.2 Å². The third-order valence-corrected chi connectivity index (χ3v) is 0.972. The topological polar surface area (TPSA) is 57.8 Å². The van der Waals surface area contributed by atoms with E-state index in [1.807, 2.05) is 0 Å². The average molecular weight is 162 g/mol. The van der Waals surface area contributed by atoms with Crippen LogP contribution >= 0.6 is 12.4 Å². The molecule has 2 N–H and O–H groups in total. The van der Waals surface area contributed by atoms with Gasteiger partial charge in [-0.15, -0.1) is 12.4 Å². The van der Waals surface area contributed by atoms with Crippen molar-refractivity contribution in [2.45, 2.75) is 0 Å². The summed E-state index contributed by atoms with van der Waals surface area (Å²) in [6, 6.07) is 1.61. The van der Waals surface area contributed by atoms with Crippen LogP contribution in [0.1, 0.15) is 10.5 Å². The van der Waals surface area contributed by atoms with E-state index in [2.05, 4.69) is 15.5 Å². The minimum absolute atomic E-state index is 0. The predicted molar refractivity (Wildman–Crippen MR) is 39.2 cm³/mol. The van der Waals surface area contributed by atoms with Crippen molar-refractivity contribution in [2.24, 2.45) is 0 Å². The molecule has 1 rings (SSSR count). The number of carbonyl (C=O) groups is 1. The molecule has 4 nitrogen and oxygen atoms in total. The van der Waals surface area contributed by atoms with Crippen LogP contribution in [0.4, 0.5) is 0 Å². The number of nitrogens with one attached hydrogen (secondary N) is 2. The highest BCUT2D eigenvalue weighted by atomic mass is 35.5. The minimum atomic E-state index is -0.146. The maximum Gasteiger partial charge on any atom is 0.269 e. The van der Waals surface area contributed by atoms with Crippen molar-refractivity contribution >= 4 is 18.3 Å². The van der Waals surface area contributed by atoms with Crippen LogP contribution < -0.4 is 5.32 Å². The van der Waals surface area contributed by atoms with E-state index in [9.17, 15) is 4.79 Å². The van der Waals surface area contributed by atoms with Crippen LogP contribution in [0, 0.1) is 0 Å². The summed E-state index contributed by atoms with van der Waals surface area (Å²) in [4.78, 5) is 10.7. The Balaban J connectivity index is 0.000000810. The standard InChI is InChI=1S/C5H7N3O.ClH/c1-6-5(9)4-2-3-7-8-4;/h2-3H,1H3,(H,6,9)(H,7,8);1H. The van der Waals surface area contributed by atoms with Gasteiger partial charge in [0.15, 0.2) is 0 Å². The van der Waals surface area contributed by atoms with Crippen molar-refractivity contribution in [3.8, 4) is 0 Å². The number of rotatable bonds is 1. The molecule has 0 spiro atoms. The fourth-order valence-electron chi connectivity index (χ4n) is 0.517. The Labute approximate surface area is 64.4 Å². The summed E-state index contributed by atoms with van der Waals surface area (Å²) in [5, 5.41) is 8.59. The highest BCUT2D eigenvalue weighted by molar-refractivity contribution is 5.91. The number of aromatic amines is 1. The molecule has 1 aromatic rings. The third kappa shape index (κ3) is 1.73. The van der Waals surface area contributed by atoms with E-state index < -0.39 is 0 Å². The van der Waals surface area contributed by atoms with E-state index in [-0.39, 0.29) is 18.3 Å². The SMILES string of the molecule is CNC(=O)c1ccn[nH]1.Cl. The smallest absolute Gasteiger partial charge is 0.269 e. The largest absolute Gasteiger partial charge is 0.354 e. The Morgan fingerprint density at radius 3 is 2.90 bits per heavy atom. The molecule has 0 bridgehead atoms. The lowest BCUT2D eigenvalue weighted by Gasteiger charge is -1.90. The first-order valence-electron chi connectivity index (χ1n) is 2.56. The fourth-order valence-corrected chi connectivity index (χ4v) is 0.517. The zero-order valence-corrected chi connectivity index (χ0v) is 6.23. The molecule has 0 atom stereocenters. The normalized spacial score (nSPS) is 8.10. The highest BCUT2D eigenvalue weighted by Crippen LogP contribution is 1.88. The van der Waals surface area contributed by atoms with Gasteiger partial charge in [0.2, 0.25) is 0 Å². The number of aromatic nitrogens is 2. The number of nitrogens with zero attached hydrogens (tertiary/aromatic N) is 1. The van der Waals surface area contributed by atoms with Gasteiger partial charge in [-0.1, -0.05) is 0 Å². The number of H-pyrrole nitrogens is 1. The lowest BCUT2D eigenvalue weighted by atomic mass is 10.4. The average Bonchev–Trinajstić information content (AvgIpc) is 2.37. The zero-order valence-electron chi connectivity index (χ0n) is 5.42. The summed E-state index contributed by atoms with van der Waals surface area (Å²) in [5.74, 6) is -0.146. The summed E-state index contributed by atoms with van der Waals surface area (Å²) in [6.07, 6.45) is 1.53. The summed E-state index contributed by atoms with van der Waals surface area (Å²) in [6.45, 7) is 0. The Kier molecular flexibility index (Phi) is 3.49. The van der Waals surface area contributed by atoms with Crippen molar-refractivity contribution in [3.63, 3.8) is 0 Å². The molecule has 5 heteroatoms. The molecule has 0 aromatic carbocycles. The Morgan fingerprint density at radius 1 is 1.80 bits per heavy atom. The van der Waals surface area contributed by atoms with Gasteiger partial charge in [-0.05, 0) is 6.07 Å².